The number of hydrogen-bond donors (Lipinski definition) is 3. The van der Waals surface area contributed by atoms with Gasteiger partial charge in [-0.15, -0.1) is 0 Å². The maximum absolute atomic E-state index is 11.7. The van der Waals surface area contributed by atoms with Crippen LogP contribution in [-0.2, 0) is 0 Å². The van der Waals surface area contributed by atoms with E-state index in [1.807, 2.05) is 6.92 Å². The van der Waals surface area contributed by atoms with E-state index in [0.29, 0.717) is 17.1 Å². The summed E-state index contributed by atoms with van der Waals surface area (Å²) in [6.45, 7) is 3.34. The molecule has 2 amide bonds. The normalized spacial score (nSPS) is 10.0. The van der Waals surface area contributed by atoms with Crippen molar-refractivity contribution >= 4 is 23.3 Å². The molecule has 2 aromatic rings. The number of ketones is 1. The summed E-state index contributed by atoms with van der Waals surface area (Å²) in [5.41, 5.74) is 2.07. The van der Waals surface area contributed by atoms with Gasteiger partial charge in [0.15, 0.2) is 11.6 Å². The minimum Gasteiger partial charge on any atom is -0.308 e. The summed E-state index contributed by atoms with van der Waals surface area (Å²) in [5.74, 6) is 0.443. The number of aryl methyl sites for hydroxylation is 1. The highest BCUT2D eigenvalue weighted by Gasteiger charge is 2.05. The van der Waals surface area contributed by atoms with Crippen LogP contribution in [0.15, 0.2) is 30.3 Å². The average Bonchev–Trinajstić information content (AvgIpc) is 2.75. The van der Waals surface area contributed by atoms with Crippen molar-refractivity contribution < 1.29 is 9.59 Å². The Morgan fingerprint density at radius 3 is 2.37 bits per heavy atom. The van der Waals surface area contributed by atoms with Crippen molar-refractivity contribution in [3.8, 4) is 0 Å². The summed E-state index contributed by atoms with van der Waals surface area (Å²) in [6.07, 6.45) is 0. The Bertz CT molecular complexity index is 601. The molecule has 1 aromatic heterocycles. The predicted molar refractivity (Wildman–Crippen MR) is 72.4 cm³/mol. The summed E-state index contributed by atoms with van der Waals surface area (Å²) in [6, 6.07) is 8.01. The SMILES string of the molecule is CC(=O)c1ccc(NC(=O)Nc2cc(C)[nH]n2)cc1. The minimum atomic E-state index is -0.387. The molecule has 0 radical (unpaired) electrons. The topological polar surface area (TPSA) is 86.9 Å². The summed E-state index contributed by atoms with van der Waals surface area (Å²) < 4.78 is 0. The first-order valence-corrected chi connectivity index (χ1v) is 5.75. The van der Waals surface area contributed by atoms with Crippen LogP contribution in [0.4, 0.5) is 16.3 Å². The van der Waals surface area contributed by atoms with Crippen molar-refractivity contribution in [3.05, 3.63) is 41.6 Å². The van der Waals surface area contributed by atoms with E-state index in [1.165, 1.54) is 6.92 Å². The van der Waals surface area contributed by atoms with Crippen LogP contribution < -0.4 is 10.6 Å². The van der Waals surface area contributed by atoms with E-state index >= 15 is 0 Å². The number of aromatic amines is 1. The number of Topliss-reactive ketones (excluding diaryl/α,β-unsaturated/α-hetero) is 1. The summed E-state index contributed by atoms with van der Waals surface area (Å²) in [7, 11) is 0. The molecule has 0 saturated carbocycles. The zero-order valence-corrected chi connectivity index (χ0v) is 10.7. The Morgan fingerprint density at radius 2 is 1.84 bits per heavy atom. The van der Waals surface area contributed by atoms with Crippen LogP contribution in [0.3, 0.4) is 0 Å². The van der Waals surface area contributed by atoms with Gasteiger partial charge in [-0.05, 0) is 38.1 Å². The molecule has 0 fully saturated rings. The van der Waals surface area contributed by atoms with Gasteiger partial charge in [-0.25, -0.2) is 4.79 Å². The Hall–Kier alpha value is -2.63. The third-order valence-corrected chi connectivity index (χ3v) is 2.50. The second kappa shape index (κ2) is 5.34. The number of nitrogens with zero attached hydrogens (tertiary/aromatic N) is 1. The molecule has 0 bridgehead atoms. The largest absolute Gasteiger partial charge is 0.324 e. The summed E-state index contributed by atoms with van der Waals surface area (Å²) in [5, 5.41) is 11.9. The van der Waals surface area contributed by atoms with Gasteiger partial charge in [0, 0.05) is 23.0 Å². The number of H-pyrrole nitrogens is 1. The fourth-order valence-electron chi connectivity index (χ4n) is 1.55. The Morgan fingerprint density at radius 1 is 1.16 bits per heavy atom. The number of amides is 2. The number of rotatable bonds is 3. The number of anilines is 2. The number of urea groups is 1. The van der Waals surface area contributed by atoms with Crippen molar-refractivity contribution in [2.45, 2.75) is 13.8 Å². The van der Waals surface area contributed by atoms with E-state index in [4.69, 9.17) is 0 Å². The molecule has 0 aliphatic heterocycles. The molecule has 0 atom stereocenters. The number of aromatic nitrogens is 2. The molecule has 6 nitrogen and oxygen atoms in total. The number of benzene rings is 1. The highest BCUT2D eigenvalue weighted by molar-refractivity contribution is 6.00. The lowest BCUT2D eigenvalue weighted by molar-refractivity contribution is 0.101. The standard InChI is InChI=1S/C13H14N4O2/c1-8-7-12(17-16-8)15-13(19)14-11-5-3-10(4-6-11)9(2)18/h3-7H,1-2H3,(H3,14,15,16,17,19). The number of carbonyl (C=O) groups is 2. The van der Waals surface area contributed by atoms with Crippen molar-refractivity contribution in [2.75, 3.05) is 10.6 Å². The van der Waals surface area contributed by atoms with Gasteiger partial charge in [-0.1, -0.05) is 0 Å². The molecular formula is C13H14N4O2. The van der Waals surface area contributed by atoms with Gasteiger partial charge in [0.2, 0.25) is 0 Å². The second-order valence-corrected chi connectivity index (χ2v) is 4.15. The van der Waals surface area contributed by atoms with E-state index in [9.17, 15) is 9.59 Å². The van der Waals surface area contributed by atoms with Crippen LogP contribution in [0.5, 0.6) is 0 Å². The molecule has 19 heavy (non-hydrogen) atoms. The first-order chi connectivity index (χ1) is 9.04. The Labute approximate surface area is 110 Å². The lowest BCUT2D eigenvalue weighted by Gasteiger charge is -2.05. The molecule has 0 aliphatic carbocycles. The van der Waals surface area contributed by atoms with Crippen LogP contribution in [0.1, 0.15) is 23.0 Å². The lowest BCUT2D eigenvalue weighted by Crippen LogP contribution is -2.19. The van der Waals surface area contributed by atoms with Crippen molar-refractivity contribution in [3.63, 3.8) is 0 Å². The number of carbonyl (C=O) groups excluding carboxylic acids is 2. The van der Waals surface area contributed by atoms with Gasteiger partial charge >= 0.3 is 6.03 Å². The van der Waals surface area contributed by atoms with Gasteiger partial charge in [0.1, 0.15) is 0 Å². The molecule has 1 aromatic carbocycles. The number of hydrogen-bond acceptors (Lipinski definition) is 3. The lowest BCUT2D eigenvalue weighted by atomic mass is 10.1. The summed E-state index contributed by atoms with van der Waals surface area (Å²) in [4.78, 5) is 22.8. The van der Waals surface area contributed by atoms with Crippen molar-refractivity contribution in [1.82, 2.24) is 10.2 Å². The highest BCUT2D eigenvalue weighted by atomic mass is 16.2. The van der Waals surface area contributed by atoms with Crippen molar-refractivity contribution in [1.29, 1.82) is 0 Å². The van der Waals surface area contributed by atoms with Gasteiger partial charge in [-0.2, -0.15) is 5.10 Å². The number of nitrogens with one attached hydrogen (secondary N) is 3. The van der Waals surface area contributed by atoms with Crippen LogP contribution in [0, 0.1) is 6.92 Å². The van der Waals surface area contributed by atoms with Gasteiger partial charge < -0.3 is 5.32 Å². The minimum absolute atomic E-state index is 0.0111. The Balaban J connectivity index is 1.97. The van der Waals surface area contributed by atoms with Gasteiger partial charge in [-0.3, -0.25) is 15.2 Å². The quantitative estimate of drug-likeness (QED) is 0.739. The van der Waals surface area contributed by atoms with Crippen LogP contribution >= 0.6 is 0 Å². The first-order valence-electron chi connectivity index (χ1n) is 5.75. The van der Waals surface area contributed by atoms with Crippen LogP contribution in [0.2, 0.25) is 0 Å². The second-order valence-electron chi connectivity index (χ2n) is 4.15. The molecule has 0 unspecified atom stereocenters. The van der Waals surface area contributed by atoms with Gasteiger partial charge in [0.25, 0.3) is 0 Å². The highest BCUT2D eigenvalue weighted by Crippen LogP contribution is 2.11. The third-order valence-electron chi connectivity index (χ3n) is 2.50. The van der Waals surface area contributed by atoms with Gasteiger partial charge in [0.05, 0.1) is 0 Å². The first kappa shape index (κ1) is 12.8. The van der Waals surface area contributed by atoms with E-state index in [-0.39, 0.29) is 11.8 Å². The predicted octanol–water partition coefficient (Wildman–Crippen LogP) is 2.56. The maximum atomic E-state index is 11.7. The molecule has 0 saturated heterocycles. The van der Waals surface area contributed by atoms with E-state index < -0.39 is 0 Å². The molecular weight excluding hydrogens is 244 g/mol. The zero-order valence-electron chi connectivity index (χ0n) is 10.7. The molecule has 98 valence electrons. The molecule has 6 heteroatoms. The monoisotopic (exact) mass is 258 g/mol. The van der Waals surface area contributed by atoms with E-state index in [2.05, 4.69) is 20.8 Å². The Kier molecular flexibility index (Phi) is 3.61. The van der Waals surface area contributed by atoms with E-state index in [1.54, 1.807) is 30.3 Å². The zero-order chi connectivity index (χ0) is 13.8. The molecule has 0 aliphatic rings. The third kappa shape index (κ3) is 3.41. The summed E-state index contributed by atoms with van der Waals surface area (Å²) >= 11 is 0. The molecule has 2 rings (SSSR count). The van der Waals surface area contributed by atoms with Crippen LogP contribution in [-0.4, -0.2) is 22.0 Å². The fourth-order valence-corrected chi connectivity index (χ4v) is 1.55. The average molecular weight is 258 g/mol. The molecule has 3 N–H and O–H groups in total. The van der Waals surface area contributed by atoms with E-state index in [0.717, 1.165) is 5.69 Å². The maximum Gasteiger partial charge on any atom is 0.324 e. The van der Waals surface area contributed by atoms with Crippen LogP contribution in [0.25, 0.3) is 0 Å². The molecule has 0 spiro atoms. The molecule has 1 heterocycles. The van der Waals surface area contributed by atoms with Crippen molar-refractivity contribution in [2.24, 2.45) is 0 Å². The smallest absolute Gasteiger partial charge is 0.308 e. The fraction of sp³-hybridized carbons (Fsp3) is 0.154.